The van der Waals surface area contributed by atoms with Crippen molar-refractivity contribution in [3.8, 4) is 11.3 Å². The highest BCUT2D eigenvalue weighted by atomic mass is 32.2. The Bertz CT molecular complexity index is 664. The van der Waals surface area contributed by atoms with Crippen molar-refractivity contribution in [1.29, 1.82) is 0 Å². The van der Waals surface area contributed by atoms with Gasteiger partial charge in [-0.1, -0.05) is 23.4 Å². The molecule has 0 aliphatic rings. The number of sulfonamides is 1. The quantitative estimate of drug-likeness (QED) is 0.905. The van der Waals surface area contributed by atoms with Crippen molar-refractivity contribution in [3.63, 3.8) is 0 Å². The molecule has 96 valence electrons. The van der Waals surface area contributed by atoms with Gasteiger partial charge in [-0.05, 0) is 6.07 Å². The van der Waals surface area contributed by atoms with E-state index in [0.717, 1.165) is 6.26 Å². The molecule has 0 aliphatic carbocycles. The average molecular weight is 267 g/mol. The molecule has 0 saturated carbocycles. The first-order valence-electron chi connectivity index (χ1n) is 5.15. The third kappa shape index (κ3) is 2.30. The highest BCUT2D eigenvalue weighted by molar-refractivity contribution is 7.92. The molecule has 18 heavy (non-hydrogen) atoms. The molecule has 0 aliphatic heterocycles. The van der Waals surface area contributed by atoms with E-state index in [0.29, 0.717) is 16.9 Å². The fraction of sp³-hybridized carbons (Fsp3) is 0.182. The van der Waals surface area contributed by atoms with Crippen LogP contribution in [-0.4, -0.2) is 26.9 Å². The van der Waals surface area contributed by atoms with E-state index < -0.39 is 10.0 Å². The summed E-state index contributed by atoms with van der Waals surface area (Å²) in [6.45, 7) is 0. The number of nitrogens with two attached hydrogens (primary N) is 1. The molecular weight excluding hydrogens is 254 g/mol. The Labute approximate surface area is 105 Å². The highest BCUT2D eigenvalue weighted by Gasteiger charge is 2.17. The minimum atomic E-state index is -3.34. The number of benzene rings is 1. The van der Waals surface area contributed by atoms with Gasteiger partial charge in [-0.2, -0.15) is 0 Å². The SMILES string of the molecule is CN(c1ccccc1-c1cc(N)on1)S(C)(=O)=O. The molecule has 2 aromatic rings. The molecule has 0 bridgehead atoms. The summed E-state index contributed by atoms with van der Waals surface area (Å²) in [7, 11) is -1.85. The second-order valence-corrected chi connectivity index (χ2v) is 5.88. The molecule has 1 aromatic heterocycles. The Morgan fingerprint density at radius 3 is 2.56 bits per heavy atom. The molecule has 0 spiro atoms. The van der Waals surface area contributed by atoms with Crippen LogP contribution in [0, 0.1) is 0 Å². The number of anilines is 2. The number of aromatic nitrogens is 1. The number of hydrogen-bond acceptors (Lipinski definition) is 5. The summed E-state index contributed by atoms with van der Waals surface area (Å²) in [6, 6.07) is 8.55. The lowest BCUT2D eigenvalue weighted by atomic mass is 10.1. The first kappa shape index (κ1) is 12.4. The number of hydrogen-bond donors (Lipinski definition) is 1. The standard InChI is InChI=1S/C11H13N3O3S/c1-14(18(2,15)16)10-6-4-3-5-8(10)9-7-11(12)17-13-9/h3-7H,12H2,1-2H3. The van der Waals surface area contributed by atoms with Gasteiger partial charge >= 0.3 is 0 Å². The Kier molecular flexibility index (Phi) is 3.00. The van der Waals surface area contributed by atoms with Gasteiger partial charge in [0.25, 0.3) is 0 Å². The lowest BCUT2D eigenvalue weighted by molar-refractivity contribution is 0.439. The molecule has 2 rings (SSSR count). The summed E-state index contributed by atoms with van der Waals surface area (Å²) in [5.41, 5.74) is 7.13. The van der Waals surface area contributed by atoms with Gasteiger partial charge in [0, 0.05) is 18.7 Å². The predicted octanol–water partition coefficient (Wildman–Crippen LogP) is 1.32. The zero-order chi connectivity index (χ0) is 13.3. The maximum Gasteiger partial charge on any atom is 0.232 e. The fourth-order valence-corrected chi connectivity index (χ4v) is 2.08. The van der Waals surface area contributed by atoms with Gasteiger partial charge in [0.05, 0.1) is 11.9 Å². The Hall–Kier alpha value is -2.02. The van der Waals surface area contributed by atoms with Crippen LogP contribution in [0.1, 0.15) is 0 Å². The van der Waals surface area contributed by atoms with Crippen molar-refractivity contribution in [2.45, 2.75) is 0 Å². The number of nitrogen functional groups attached to an aromatic ring is 1. The molecule has 1 aromatic carbocycles. The van der Waals surface area contributed by atoms with Crippen LogP contribution in [0.3, 0.4) is 0 Å². The van der Waals surface area contributed by atoms with E-state index in [4.69, 9.17) is 10.3 Å². The summed E-state index contributed by atoms with van der Waals surface area (Å²) in [5.74, 6) is 0.182. The highest BCUT2D eigenvalue weighted by Crippen LogP contribution is 2.31. The van der Waals surface area contributed by atoms with E-state index in [2.05, 4.69) is 5.16 Å². The van der Waals surface area contributed by atoms with E-state index in [1.165, 1.54) is 11.4 Å². The summed E-state index contributed by atoms with van der Waals surface area (Å²) in [5, 5.41) is 3.79. The maximum atomic E-state index is 11.6. The number of para-hydroxylation sites is 1. The molecule has 0 amide bonds. The van der Waals surface area contributed by atoms with Crippen LogP contribution in [0.5, 0.6) is 0 Å². The normalized spacial score (nSPS) is 11.4. The van der Waals surface area contributed by atoms with Gasteiger partial charge in [0.1, 0.15) is 5.69 Å². The molecule has 1 heterocycles. The van der Waals surface area contributed by atoms with E-state index >= 15 is 0 Å². The van der Waals surface area contributed by atoms with Crippen molar-refractivity contribution < 1.29 is 12.9 Å². The summed E-state index contributed by atoms with van der Waals surface area (Å²) in [4.78, 5) is 0. The molecule has 0 atom stereocenters. The van der Waals surface area contributed by atoms with Gasteiger partial charge in [-0.25, -0.2) is 8.42 Å². The van der Waals surface area contributed by atoms with Crippen LogP contribution < -0.4 is 10.0 Å². The summed E-state index contributed by atoms with van der Waals surface area (Å²) in [6.07, 6.45) is 1.14. The third-order valence-electron chi connectivity index (χ3n) is 2.55. The van der Waals surface area contributed by atoms with Crippen LogP contribution in [0.25, 0.3) is 11.3 Å². The van der Waals surface area contributed by atoms with Crippen molar-refractivity contribution in [2.75, 3.05) is 23.3 Å². The van der Waals surface area contributed by atoms with Crippen molar-refractivity contribution >= 4 is 21.6 Å². The fourth-order valence-electron chi connectivity index (χ4n) is 1.56. The average Bonchev–Trinajstić information content (AvgIpc) is 2.73. The second kappa shape index (κ2) is 4.34. The Morgan fingerprint density at radius 2 is 2.00 bits per heavy atom. The molecule has 7 heteroatoms. The van der Waals surface area contributed by atoms with Crippen molar-refractivity contribution in [2.24, 2.45) is 0 Å². The van der Waals surface area contributed by atoms with Gasteiger partial charge in [0.15, 0.2) is 0 Å². The first-order chi connectivity index (χ1) is 8.39. The van der Waals surface area contributed by atoms with Gasteiger partial charge in [-0.3, -0.25) is 4.31 Å². The molecule has 0 radical (unpaired) electrons. The smallest absolute Gasteiger partial charge is 0.232 e. The minimum Gasteiger partial charge on any atom is -0.368 e. The minimum absolute atomic E-state index is 0.182. The molecule has 0 fully saturated rings. The predicted molar refractivity (Wildman–Crippen MR) is 69.6 cm³/mol. The maximum absolute atomic E-state index is 11.6. The van der Waals surface area contributed by atoms with E-state index in [9.17, 15) is 8.42 Å². The largest absolute Gasteiger partial charge is 0.368 e. The Morgan fingerprint density at radius 1 is 1.33 bits per heavy atom. The van der Waals surface area contributed by atoms with Crippen molar-refractivity contribution in [3.05, 3.63) is 30.3 Å². The van der Waals surface area contributed by atoms with Gasteiger partial charge in [0.2, 0.25) is 15.9 Å². The van der Waals surface area contributed by atoms with Crippen LogP contribution in [0.4, 0.5) is 11.6 Å². The van der Waals surface area contributed by atoms with Crippen LogP contribution in [0.2, 0.25) is 0 Å². The molecular formula is C11H13N3O3S. The molecule has 6 nitrogen and oxygen atoms in total. The third-order valence-corrected chi connectivity index (χ3v) is 3.74. The van der Waals surface area contributed by atoms with E-state index in [1.807, 2.05) is 0 Å². The molecule has 0 unspecified atom stereocenters. The van der Waals surface area contributed by atoms with E-state index in [-0.39, 0.29) is 5.88 Å². The monoisotopic (exact) mass is 267 g/mol. The first-order valence-corrected chi connectivity index (χ1v) is 7.00. The number of nitrogens with zero attached hydrogens (tertiary/aromatic N) is 2. The number of rotatable bonds is 3. The van der Waals surface area contributed by atoms with Crippen LogP contribution in [0.15, 0.2) is 34.9 Å². The molecule has 0 saturated heterocycles. The summed E-state index contributed by atoms with van der Waals surface area (Å²) >= 11 is 0. The topological polar surface area (TPSA) is 89.4 Å². The lowest BCUT2D eigenvalue weighted by Crippen LogP contribution is -2.25. The van der Waals surface area contributed by atoms with Gasteiger partial charge in [-0.15, -0.1) is 0 Å². The second-order valence-electron chi connectivity index (χ2n) is 3.86. The zero-order valence-electron chi connectivity index (χ0n) is 9.99. The van der Waals surface area contributed by atoms with E-state index in [1.54, 1.807) is 30.3 Å². The van der Waals surface area contributed by atoms with Crippen LogP contribution in [-0.2, 0) is 10.0 Å². The molecule has 2 N–H and O–H groups in total. The van der Waals surface area contributed by atoms with Crippen molar-refractivity contribution in [1.82, 2.24) is 5.16 Å². The van der Waals surface area contributed by atoms with Crippen LogP contribution >= 0.6 is 0 Å². The van der Waals surface area contributed by atoms with Gasteiger partial charge < -0.3 is 10.3 Å². The zero-order valence-corrected chi connectivity index (χ0v) is 10.8. The Balaban J connectivity index is 2.57. The lowest BCUT2D eigenvalue weighted by Gasteiger charge is -2.19. The summed E-state index contributed by atoms with van der Waals surface area (Å²) < 4.78 is 29.1.